The number of hydrogen-bond acceptors (Lipinski definition) is 5. The third-order valence-corrected chi connectivity index (χ3v) is 5.93. The van der Waals surface area contributed by atoms with Gasteiger partial charge in [-0.25, -0.2) is 5.43 Å². The number of allylic oxidation sites excluding steroid dienone is 1. The number of hydrogen-bond donors (Lipinski definition) is 1. The number of furan rings is 1. The van der Waals surface area contributed by atoms with Crippen molar-refractivity contribution in [1.82, 2.24) is 5.43 Å². The fourth-order valence-corrected chi connectivity index (χ4v) is 3.98. The normalized spacial score (nSPS) is 15.2. The maximum Gasteiger partial charge on any atom is 0.307 e. The van der Waals surface area contributed by atoms with E-state index in [0.29, 0.717) is 11.3 Å². The van der Waals surface area contributed by atoms with Crippen LogP contribution in [-0.4, -0.2) is 31.8 Å². The minimum atomic E-state index is -0.414. The van der Waals surface area contributed by atoms with Gasteiger partial charge in [0.1, 0.15) is 0 Å². The van der Waals surface area contributed by atoms with Gasteiger partial charge in [0.2, 0.25) is 0 Å². The largest absolute Gasteiger partial charge is 0.493 e. The molecule has 0 saturated carbocycles. The number of benzene rings is 2. The Hall–Kier alpha value is -3.54. The summed E-state index contributed by atoms with van der Waals surface area (Å²) in [7, 11) is 3.68. The van der Waals surface area contributed by atoms with Crippen molar-refractivity contribution in [3.8, 4) is 5.75 Å². The molecule has 31 heavy (non-hydrogen) atoms. The Kier molecular flexibility index (Phi) is 5.09. The lowest BCUT2D eigenvalue weighted by Crippen LogP contribution is -2.42. The van der Waals surface area contributed by atoms with Gasteiger partial charge in [-0.3, -0.25) is 4.79 Å². The van der Waals surface area contributed by atoms with Gasteiger partial charge in [-0.2, -0.15) is 5.10 Å². The van der Waals surface area contributed by atoms with Crippen LogP contribution >= 0.6 is 0 Å². The third-order valence-electron chi connectivity index (χ3n) is 5.93. The van der Waals surface area contributed by atoms with E-state index in [0.717, 1.165) is 16.5 Å². The SMILES string of the molecule is COc1cccc2cc(C(=O)N/N=C\c3cc4c(cc3C)N(C)C(C)(C)C=C4C)oc12. The van der Waals surface area contributed by atoms with Crippen molar-refractivity contribution in [3.05, 3.63) is 64.9 Å². The molecule has 6 heteroatoms. The van der Waals surface area contributed by atoms with Crippen LogP contribution in [0.2, 0.25) is 0 Å². The van der Waals surface area contributed by atoms with E-state index in [-0.39, 0.29) is 11.3 Å². The number of fused-ring (bicyclic) bond motifs is 2. The number of carbonyl (C=O) groups excluding carboxylic acids is 1. The van der Waals surface area contributed by atoms with Gasteiger partial charge in [0.15, 0.2) is 17.1 Å². The van der Waals surface area contributed by atoms with Gasteiger partial charge in [-0.1, -0.05) is 18.2 Å². The number of anilines is 1. The van der Waals surface area contributed by atoms with Crippen LogP contribution in [0.5, 0.6) is 5.75 Å². The Balaban J connectivity index is 1.56. The minimum absolute atomic E-state index is 0.0393. The Morgan fingerprint density at radius 3 is 2.74 bits per heavy atom. The molecule has 1 amide bonds. The van der Waals surface area contributed by atoms with Gasteiger partial charge in [-0.15, -0.1) is 0 Å². The van der Waals surface area contributed by atoms with Crippen molar-refractivity contribution in [3.63, 3.8) is 0 Å². The number of carbonyl (C=O) groups is 1. The molecule has 1 N–H and O–H groups in total. The van der Waals surface area contributed by atoms with Crippen LogP contribution in [0.25, 0.3) is 16.5 Å². The molecular formula is C25H27N3O3. The minimum Gasteiger partial charge on any atom is -0.493 e. The highest BCUT2D eigenvalue weighted by Gasteiger charge is 2.28. The van der Waals surface area contributed by atoms with Gasteiger partial charge in [0.05, 0.1) is 18.9 Å². The van der Waals surface area contributed by atoms with Gasteiger partial charge < -0.3 is 14.1 Å². The highest BCUT2D eigenvalue weighted by atomic mass is 16.5. The number of para-hydroxylation sites is 1. The number of nitrogens with one attached hydrogen (secondary N) is 1. The topological polar surface area (TPSA) is 67.1 Å². The molecule has 0 spiro atoms. The molecule has 3 aromatic rings. The molecule has 160 valence electrons. The van der Waals surface area contributed by atoms with Gasteiger partial charge in [0, 0.05) is 23.7 Å². The molecule has 1 aliphatic rings. The highest BCUT2D eigenvalue weighted by molar-refractivity contribution is 5.98. The zero-order chi connectivity index (χ0) is 22.3. The van der Waals surface area contributed by atoms with Crippen LogP contribution < -0.4 is 15.1 Å². The van der Waals surface area contributed by atoms with Crippen molar-refractivity contribution >= 4 is 34.4 Å². The quantitative estimate of drug-likeness (QED) is 0.471. The van der Waals surface area contributed by atoms with Crippen LogP contribution in [0, 0.1) is 6.92 Å². The average molecular weight is 418 g/mol. The first-order valence-electron chi connectivity index (χ1n) is 10.2. The first-order chi connectivity index (χ1) is 14.7. The Labute approximate surface area is 182 Å². The summed E-state index contributed by atoms with van der Waals surface area (Å²) < 4.78 is 11.0. The maximum atomic E-state index is 12.5. The Morgan fingerprint density at radius 2 is 2.00 bits per heavy atom. The summed E-state index contributed by atoms with van der Waals surface area (Å²) in [5.41, 5.74) is 8.69. The number of nitrogens with zero attached hydrogens (tertiary/aromatic N) is 2. The lowest BCUT2D eigenvalue weighted by Gasteiger charge is -2.41. The van der Waals surface area contributed by atoms with Crippen molar-refractivity contribution in [2.45, 2.75) is 33.2 Å². The van der Waals surface area contributed by atoms with Gasteiger partial charge >= 0.3 is 5.91 Å². The fraction of sp³-hybridized carbons (Fsp3) is 0.280. The molecular weight excluding hydrogens is 390 g/mol. The molecule has 1 aliphatic heterocycles. The summed E-state index contributed by atoms with van der Waals surface area (Å²) in [6, 6.07) is 11.5. The van der Waals surface area contributed by atoms with Crippen LogP contribution in [0.4, 0.5) is 5.69 Å². The second kappa shape index (κ2) is 7.61. The van der Waals surface area contributed by atoms with Crippen molar-refractivity contribution in [1.29, 1.82) is 0 Å². The number of methoxy groups -OCH3 is 1. The van der Waals surface area contributed by atoms with Crippen LogP contribution in [-0.2, 0) is 0 Å². The molecule has 6 nitrogen and oxygen atoms in total. The molecule has 0 radical (unpaired) electrons. The zero-order valence-corrected chi connectivity index (χ0v) is 18.7. The van der Waals surface area contributed by atoms with Crippen LogP contribution in [0.3, 0.4) is 0 Å². The summed E-state index contributed by atoms with van der Waals surface area (Å²) in [4.78, 5) is 14.8. The van der Waals surface area contributed by atoms with Crippen molar-refractivity contribution in [2.24, 2.45) is 5.10 Å². The standard InChI is InChI=1S/C25H27N3O3/c1-15-10-20-19(16(2)13-25(3,4)28(20)5)11-18(15)14-26-27-24(29)22-12-17-8-7-9-21(30-6)23(17)31-22/h7-14H,1-6H3,(H,27,29)/b26-14-. The summed E-state index contributed by atoms with van der Waals surface area (Å²) in [6.07, 6.45) is 3.94. The molecule has 0 saturated heterocycles. The molecule has 2 aromatic carbocycles. The summed E-state index contributed by atoms with van der Waals surface area (Å²) >= 11 is 0. The van der Waals surface area contributed by atoms with Crippen molar-refractivity contribution in [2.75, 3.05) is 19.1 Å². The first kappa shape index (κ1) is 20.7. The van der Waals surface area contributed by atoms with Crippen LogP contribution in [0.15, 0.2) is 52.0 Å². The predicted octanol–water partition coefficient (Wildman–Crippen LogP) is 5.15. The molecule has 0 atom stereocenters. The van der Waals surface area contributed by atoms with E-state index in [4.69, 9.17) is 9.15 Å². The molecule has 1 aromatic heterocycles. The second-order valence-corrected chi connectivity index (χ2v) is 8.45. The van der Waals surface area contributed by atoms with E-state index in [1.165, 1.54) is 16.8 Å². The molecule has 0 unspecified atom stereocenters. The van der Waals surface area contributed by atoms with Crippen molar-refractivity contribution < 1.29 is 13.9 Å². The fourth-order valence-electron chi connectivity index (χ4n) is 3.98. The number of hydrazone groups is 1. The van der Waals surface area contributed by atoms with Gasteiger partial charge in [0.25, 0.3) is 0 Å². The first-order valence-corrected chi connectivity index (χ1v) is 10.2. The number of ether oxygens (including phenoxy) is 1. The summed E-state index contributed by atoms with van der Waals surface area (Å²) in [5.74, 6) is 0.352. The lowest BCUT2D eigenvalue weighted by molar-refractivity contribution is 0.0929. The number of amides is 1. The van der Waals surface area contributed by atoms with E-state index in [9.17, 15) is 4.79 Å². The molecule has 2 heterocycles. The van der Waals surface area contributed by atoms with E-state index >= 15 is 0 Å². The zero-order valence-electron chi connectivity index (χ0n) is 18.7. The average Bonchev–Trinajstić information content (AvgIpc) is 3.17. The molecule has 0 bridgehead atoms. The van der Waals surface area contributed by atoms with E-state index in [1.54, 1.807) is 25.5 Å². The number of likely N-dealkylation sites (N-methyl/N-ethyl adjacent to an activating group) is 1. The second-order valence-electron chi connectivity index (χ2n) is 8.45. The van der Waals surface area contributed by atoms with Gasteiger partial charge in [-0.05, 0) is 68.7 Å². The summed E-state index contributed by atoms with van der Waals surface area (Å²) in [5, 5.41) is 4.96. The molecule has 0 aliphatic carbocycles. The molecule has 0 fully saturated rings. The molecule has 4 rings (SSSR count). The number of rotatable bonds is 4. The lowest BCUT2D eigenvalue weighted by atomic mass is 9.87. The predicted molar refractivity (Wildman–Crippen MR) is 125 cm³/mol. The number of aryl methyl sites for hydroxylation is 1. The monoisotopic (exact) mass is 417 g/mol. The summed E-state index contributed by atoms with van der Waals surface area (Å²) in [6.45, 7) is 8.57. The Bertz CT molecular complexity index is 1230. The van der Waals surface area contributed by atoms with E-state index in [1.807, 2.05) is 19.1 Å². The maximum absolute atomic E-state index is 12.5. The Morgan fingerprint density at radius 1 is 1.23 bits per heavy atom. The van der Waals surface area contributed by atoms with E-state index < -0.39 is 5.91 Å². The smallest absolute Gasteiger partial charge is 0.307 e. The third kappa shape index (κ3) is 3.69. The highest BCUT2D eigenvalue weighted by Crippen LogP contribution is 2.39. The van der Waals surface area contributed by atoms with E-state index in [2.05, 4.69) is 61.5 Å². The van der Waals surface area contributed by atoms with Crippen LogP contribution in [0.1, 0.15) is 48.0 Å².